The Labute approximate surface area is 196 Å². The lowest BCUT2D eigenvalue weighted by Gasteiger charge is -2.34. The monoisotopic (exact) mass is 550 g/mol. The van der Waals surface area contributed by atoms with Crippen LogP contribution in [0.3, 0.4) is 0 Å². The van der Waals surface area contributed by atoms with Crippen molar-refractivity contribution in [2.45, 2.75) is 12.2 Å². The number of nitrogens with two attached hydrogens (primary N) is 1. The highest BCUT2D eigenvalue weighted by atomic mass is 127. The third kappa shape index (κ3) is 7.25. The van der Waals surface area contributed by atoms with E-state index in [0.29, 0.717) is 32.8 Å². The molecule has 0 amide bonds. The molecule has 1 saturated heterocycles. The second-order valence-electron chi connectivity index (χ2n) is 6.86. The number of nitrogens with zero attached hydrogens (tertiary/aromatic N) is 2. The minimum Gasteiger partial charge on any atom is -0.497 e. The number of hydrogen-bond acceptors (Lipinski definition) is 4. The van der Waals surface area contributed by atoms with E-state index in [1.165, 1.54) is 12.1 Å². The van der Waals surface area contributed by atoms with Gasteiger partial charge in [-0.05, 0) is 42.0 Å². The van der Waals surface area contributed by atoms with Gasteiger partial charge in [0.15, 0.2) is 5.96 Å². The molecule has 0 bridgehead atoms. The average molecular weight is 550 g/mol. The zero-order chi connectivity index (χ0) is 21.6. The van der Waals surface area contributed by atoms with Crippen LogP contribution < -0.4 is 15.8 Å². The van der Waals surface area contributed by atoms with Crippen molar-refractivity contribution in [3.05, 3.63) is 59.7 Å². The highest BCUT2D eigenvalue weighted by Crippen LogP contribution is 2.31. The predicted octanol–water partition coefficient (Wildman–Crippen LogP) is 4.13. The molecule has 2 aromatic rings. The fourth-order valence-electron chi connectivity index (χ4n) is 3.26. The van der Waals surface area contributed by atoms with Crippen molar-refractivity contribution in [1.82, 2.24) is 4.90 Å². The lowest BCUT2D eigenvalue weighted by atomic mass is 10.0. The first kappa shape index (κ1) is 25.2. The van der Waals surface area contributed by atoms with Gasteiger partial charge in [-0.15, -0.1) is 24.0 Å². The number of guanidine groups is 1. The summed E-state index contributed by atoms with van der Waals surface area (Å²) >= 11 is 0. The Kier molecular flexibility index (Phi) is 9.38. The number of ether oxygens (including phenoxy) is 2. The first-order valence-corrected chi connectivity index (χ1v) is 9.57. The molecule has 1 atom stereocenters. The summed E-state index contributed by atoms with van der Waals surface area (Å²) in [7, 11) is 1.59. The van der Waals surface area contributed by atoms with E-state index in [-0.39, 0.29) is 36.0 Å². The van der Waals surface area contributed by atoms with Crippen LogP contribution in [0.25, 0.3) is 0 Å². The smallest absolute Gasteiger partial charge is 0.416 e. The van der Waals surface area contributed by atoms with Gasteiger partial charge in [0.05, 0.1) is 38.5 Å². The van der Waals surface area contributed by atoms with Crippen molar-refractivity contribution in [3.8, 4) is 5.75 Å². The first-order chi connectivity index (χ1) is 14.4. The van der Waals surface area contributed by atoms with E-state index in [1.54, 1.807) is 19.2 Å². The van der Waals surface area contributed by atoms with Gasteiger partial charge in [-0.3, -0.25) is 9.89 Å². The summed E-state index contributed by atoms with van der Waals surface area (Å²) in [5, 5.41) is 3.01. The minimum atomic E-state index is -4.36. The molecule has 2 aromatic carbocycles. The predicted molar refractivity (Wildman–Crippen MR) is 125 cm³/mol. The normalized spacial score (nSPS) is 16.3. The Morgan fingerprint density at radius 3 is 2.29 bits per heavy atom. The van der Waals surface area contributed by atoms with Crippen LogP contribution in [0.15, 0.2) is 53.5 Å². The van der Waals surface area contributed by atoms with Crippen molar-refractivity contribution in [2.24, 2.45) is 10.7 Å². The van der Waals surface area contributed by atoms with Crippen molar-refractivity contribution in [2.75, 3.05) is 45.3 Å². The molecule has 1 unspecified atom stereocenters. The quantitative estimate of drug-likeness (QED) is 0.322. The van der Waals surface area contributed by atoms with E-state index in [0.717, 1.165) is 29.1 Å². The Bertz CT molecular complexity index is 839. The number of methoxy groups -OCH3 is 1. The molecule has 3 N–H and O–H groups in total. The molecule has 3 rings (SSSR count). The molecule has 31 heavy (non-hydrogen) atoms. The summed E-state index contributed by atoms with van der Waals surface area (Å²) < 4.78 is 49.2. The summed E-state index contributed by atoms with van der Waals surface area (Å²) in [6.07, 6.45) is -4.36. The van der Waals surface area contributed by atoms with Gasteiger partial charge in [0.25, 0.3) is 0 Å². The van der Waals surface area contributed by atoms with Gasteiger partial charge in [0, 0.05) is 18.8 Å². The van der Waals surface area contributed by atoms with Gasteiger partial charge in [-0.2, -0.15) is 13.2 Å². The van der Waals surface area contributed by atoms with Crippen LogP contribution in [0.2, 0.25) is 0 Å². The number of benzene rings is 2. The summed E-state index contributed by atoms with van der Waals surface area (Å²) in [6, 6.07) is 12.2. The Morgan fingerprint density at radius 2 is 1.74 bits per heavy atom. The lowest BCUT2D eigenvalue weighted by molar-refractivity contribution is -0.137. The third-order valence-electron chi connectivity index (χ3n) is 4.91. The van der Waals surface area contributed by atoms with Crippen LogP contribution in [0.1, 0.15) is 17.2 Å². The Balaban J connectivity index is 0.00000341. The molecule has 6 nitrogen and oxygen atoms in total. The molecule has 1 heterocycles. The molecule has 0 spiro atoms. The van der Waals surface area contributed by atoms with Gasteiger partial charge in [-0.1, -0.05) is 12.1 Å². The molecule has 0 radical (unpaired) electrons. The van der Waals surface area contributed by atoms with Gasteiger partial charge in [0.2, 0.25) is 0 Å². The number of alkyl halides is 3. The summed E-state index contributed by atoms with van der Waals surface area (Å²) in [6.45, 7) is 2.79. The fraction of sp³-hybridized carbons (Fsp3) is 0.381. The molecular formula is C21H26F3IN4O2. The molecule has 0 aliphatic carbocycles. The zero-order valence-electron chi connectivity index (χ0n) is 17.1. The largest absolute Gasteiger partial charge is 0.497 e. The summed E-state index contributed by atoms with van der Waals surface area (Å²) in [5.41, 5.74) is 6.87. The van der Waals surface area contributed by atoms with E-state index in [1.807, 2.05) is 12.1 Å². The van der Waals surface area contributed by atoms with Crippen molar-refractivity contribution < 1.29 is 22.6 Å². The SMILES string of the molecule is COc1ccc(NC(N)=NCC(c2ccc(C(F)(F)F)cc2)N2CCOCC2)cc1.I. The minimum absolute atomic E-state index is 0. The van der Waals surface area contributed by atoms with Crippen LogP contribution in [0.5, 0.6) is 5.75 Å². The molecule has 1 fully saturated rings. The van der Waals surface area contributed by atoms with Gasteiger partial charge in [0.1, 0.15) is 5.75 Å². The number of aliphatic imine (C=N–C) groups is 1. The van der Waals surface area contributed by atoms with Crippen LogP contribution in [-0.2, 0) is 10.9 Å². The molecular weight excluding hydrogens is 524 g/mol. The first-order valence-electron chi connectivity index (χ1n) is 9.57. The number of morpholine rings is 1. The van der Waals surface area contributed by atoms with E-state index >= 15 is 0 Å². The maximum Gasteiger partial charge on any atom is 0.416 e. The third-order valence-corrected chi connectivity index (χ3v) is 4.91. The standard InChI is InChI=1S/C21H25F3N4O2.HI/c1-29-18-8-6-17(7-9-18)27-20(25)26-14-19(28-10-12-30-13-11-28)15-2-4-16(5-3-15)21(22,23)24;/h2-9,19H,10-14H2,1H3,(H3,25,26,27);1H. The average Bonchev–Trinajstić information content (AvgIpc) is 2.75. The van der Waals surface area contributed by atoms with Gasteiger partial charge in [-0.25, -0.2) is 0 Å². The number of halogens is 4. The molecule has 10 heteroatoms. The van der Waals surface area contributed by atoms with Crippen LogP contribution in [-0.4, -0.2) is 50.8 Å². The number of anilines is 1. The molecule has 170 valence electrons. The highest BCUT2D eigenvalue weighted by molar-refractivity contribution is 14.0. The lowest BCUT2D eigenvalue weighted by Crippen LogP contribution is -2.40. The van der Waals surface area contributed by atoms with Crippen molar-refractivity contribution >= 4 is 35.6 Å². The summed E-state index contributed by atoms with van der Waals surface area (Å²) in [4.78, 5) is 6.58. The van der Waals surface area contributed by atoms with Crippen molar-refractivity contribution in [1.29, 1.82) is 0 Å². The van der Waals surface area contributed by atoms with Crippen LogP contribution in [0, 0.1) is 0 Å². The number of nitrogens with one attached hydrogen (secondary N) is 1. The highest BCUT2D eigenvalue weighted by Gasteiger charge is 2.31. The van der Waals surface area contributed by atoms with E-state index in [4.69, 9.17) is 15.2 Å². The molecule has 0 aromatic heterocycles. The maximum atomic E-state index is 12.9. The van der Waals surface area contributed by atoms with Crippen LogP contribution >= 0.6 is 24.0 Å². The topological polar surface area (TPSA) is 72.1 Å². The van der Waals surface area contributed by atoms with Crippen LogP contribution in [0.4, 0.5) is 18.9 Å². The van der Waals surface area contributed by atoms with E-state index in [9.17, 15) is 13.2 Å². The molecule has 1 aliphatic rings. The molecule has 1 aliphatic heterocycles. The van der Waals surface area contributed by atoms with E-state index in [2.05, 4.69) is 15.2 Å². The van der Waals surface area contributed by atoms with Gasteiger partial charge >= 0.3 is 6.18 Å². The van der Waals surface area contributed by atoms with Crippen molar-refractivity contribution in [3.63, 3.8) is 0 Å². The second kappa shape index (κ2) is 11.5. The Morgan fingerprint density at radius 1 is 1.13 bits per heavy atom. The number of hydrogen-bond donors (Lipinski definition) is 2. The van der Waals surface area contributed by atoms with E-state index < -0.39 is 11.7 Å². The second-order valence-corrected chi connectivity index (χ2v) is 6.86. The number of rotatable bonds is 6. The summed E-state index contributed by atoms with van der Waals surface area (Å²) in [5.74, 6) is 0.955. The molecule has 0 saturated carbocycles. The maximum absolute atomic E-state index is 12.9. The Hall–Kier alpha value is -2.05. The zero-order valence-corrected chi connectivity index (χ0v) is 19.4. The van der Waals surface area contributed by atoms with Gasteiger partial charge < -0.3 is 20.5 Å². The fourth-order valence-corrected chi connectivity index (χ4v) is 3.26.